The van der Waals surface area contributed by atoms with Gasteiger partial charge in [0.2, 0.25) is 5.13 Å². The van der Waals surface area contributed by atoms with Crippen molar-refractivity contribution in [2.75, 3.05) is 7.11 Å². The Morgan fingerprint density at radius 3 is 2.71 bits per heavy atom. The molecule has 0 radical (unpaired) electrons. The number of esters is 1. The maximum atomic E-state index is 12.3. The number of nitrogens with zero attached hydrogens (tertiary/aromatic N) is 3. The third-order valence-electron chi connectivity index (χ3n) is 4.75. The van der Waals surface area contributed by atoms with Gasteiger partial charge >= 0.3 is 5.97 Å². The fourth-order valence-electron chi connectivity index (χ4n) is 3.09. The summed E-state index contributed by atoms with van der Waals surface area (Å²) in [5.41, 5.74) is 3.78. The topological polar surface area (TPSA) is 57.0 Å². The van der Waals surface area contributed by atoms with Crippen molar-refractivity contribution in [3.8, 4) is 5.13 Å². The van der Waals surface area contributed by atoms with Gasteiger partial charge in [-0.15, -0.1) is 11.8 Å². The Morgan fingerprint density at radius 2 is 2.14 bits per heavy atom. The summed E-state index contributed by atoms with van der Waals surface area (Å²) < 4.78 is 8.40. The number of hydrogen-bond donors (Lipinski definition) is 0. The van der Waals surface area contributed by atoms with Crippen LogP contribution in [0.25, 0.3) is 10.7 Å². The number of aromatic nitrogens is 3. The molecule has 0 amide bonds. The maximum absolute atomic E-state index is 12.3. The first-order chi connectivity index (χ1) is 13.1. The first kappa shape index (κ1) is 21.6. The highest BCUT2D eigenvalue weighted by Gasteiger charge is 2.28. The van der Waals surface area contributed by atoms with Gasteiger partial charge in [-0.2, -0.15) is 9.78 Å². The molecule has 28 heavy (non-hydrogen) atoms. The molecule has 0 atom stereocenters. The lowest BCUT2D eigenvalue weighted by atomic mass is 9.78. The van der Waals surface area contributed by atoms with Crippen LogP contribution in [-0.4, -0.2) is 33.1 Å². The van der Waals surface area contributed by atoms with Gasteiger partial charge in [0.25, 0.3) is 0 Å². The second-order valence-corrected chi connectivity index (χ2v) is 11.7. The standard InChI is InChI=1S/C20H26BrN3O2S2/c1-11(2)27-18-15(13-7-9-20(4,5)10-8-13)22-19(28-18)24-16(17(25)26-6)14(21)12(3)23-24/h7,11H,8-10H2,1-6H3. The first-order valence-electron chi connectivity index (χ1n) is 9.33. The highest BCUT2D eigenvalue weighted by Crippen LogP contribution is 2.43. The monoisotopic (exact) mass is 483 g/mol. The van der Waals surface area contributed by atoms with Crippen LogP contribution in [0, 0.1) is 12.3 Å². The fourth-order valence-corrected chi connectivity index (χ4v) is 6.01. The van der Waals surface area contributed by atoms with E-state index in [4.69, 9.17) is 9.72 Å². The van der Waals surface area contributed by atoms with Crippen LogP contribution >= 0.6 is 39.0 Å². The predicted octanol–water partition coefficient (Wildman–Crippen LogP) is 6.28. The molecule has 3 rings (SSSR count). The number of halogens is 1. The molecule has 1 aliphatic carbocycles. The lowest BCUT2D eigenvalue weighted by molar-refractivity contribution is 0.0589. The Bertz CT molecular complexity index is 928. The van der Waals surface area contributed by atoms with Gasteiger partial charge in [0, 0.05) is 5.25 Å². The summed E-state index contributed by atoms with van der Waals surface area (Å²) in [7, 11) is 1.38. The minimum atomic E-state index is -0.430. The summed E-state index contributed by atoms with van der Waals surface area (Å²) in [6.07, 6.45) is 5.56. The molecule has 5 nitrogen and oxygen atoms in total. The largest absolute Gasteiger partial charge is 0.464 e. The van der Waals surface area contributed by atoms with E-state index in [9.17, 15) is 4.79 Å². The number of hydrogen-bond acceptors (Lipinski definition) is 6. The van der Waals surface area contributed by atoms with E-state index >= 15 is 0 Å². The van der Waals surface area contributed by atoms with Crippen molar-refractivity contribution in [3.05, 3.63) is 27.6 Å². The Hall–Kier alpha value is -1.12. The second-order valence-electron chi connectivity index (χ2n) is 8.05. The average molecular weight is 484 g/mol. The molecule has 2 heterocycles. The number of methoxy groups -OCH3 is 1. The Balaban J connectivity index is 2.10. The van der Waals surface area contributed by atoms with Crippen LogP contribution in [0.2, 0.25) is 0 Å². The van der Waals surface area contributed by atoms with E-state index < -0.39 is 5.97 Å². The molecular formula is C20H26BrN3O2S2. The number of rotatable bonds is 5. The molecule has 0 saturated heterocycles. The Kier molecular flexibility index (Phi) is 6.41. The van der Waals surface area contributed by atoms with Gasteiger partial charge in [-0.25, -0.2) is 9.78 Å². The minimum Gasteiger partial charge on any atom is -0.464 e. The molecule has 0 unspecified atom stereocenters. The average Bonchev–Trinajstić information content (AvgIpc) is 3.15. The number of allylic oxidation sites excluding steroid dienone is 2. The maximum Gasteiger partial charge on any atom is 0.358 e. The highest BCUT2D eigenvalue weighted by molar-refractivity contribution is 9.10. The van der Waals surface area contributed by atoms with E-state index in [1.54, 1.807) is 16.0 Å². The van der Waals surface area contributed by atoms with Gasteiger partial charge in [0.05, 0.1) is 27.2 Å². The van der Waals surface area contributed by atoms with Crippen LogP contribution in [0.3, 0.4) is 0 Å². The van der Waals surface area contributed by atoms with Crippen LogP contribution in [0.4, 0.5) is 0 Å². The Labute approximate surface area is 183 Å². The van der Waals surface area contributed by atoms with Gasteiger partial charge in [0.1, 0.15) is 0 Å². The van der Waals surface area contributed by atoms with Crippen molar-refractivity contribution in [1.82, 2.24) is 14.8 Å². The zero-order chi connectivity index (χ0) is 20.6. The molecule has 8 heteroatoms. The minimum absolute atomic E-state index is 0.343. The van der Waals surface area contributed by atoms with Crippen LogP contribution in [0.1, 0.15) is 68.8 Å². The zero-order valence-corrected chi connectivity index (χ0v) is 20.3. The predicted molar refractivity (Wildman–Crippen MR) is 120 cm³/mol. The third kappa shape index (κ3) is 4.39. The molecule has 2 aromatic heterocycles. The van der Waals surface area contributed by atoms with Gasteiger partial charge in [-0.05, 0) is 53.1 Å². The van der Waals surface area contributed by atoms with Crippen LogP contribution in [0.15, 0.2) is 14.8 Å². The normalized spacial score (nSPS) is 16.4. The number of thiazole rings is 1. The zero-order valence-electron chi connectivity index (χ0n) is 17.1. The summed E-state index contributed by atoms with van der Waals surface area (Å²) in [6.45, 7) is 10.8. The lowest BCUT2D eigenvalue weighted by Crippen LogP contribution is -2.14. The van der Waals surface area contributed by atoms with Gasteiger partial charge < -0.3 is 4.74 Å². The Morgan fingerprint density at radius 1 is 1.43 bits per heavy atom. The van der Waals surface area contributed by atoms with E-state index in [2.05, 4.69) is 54.8 Å². The molecule has 0 N–H and O–H groups in total. The van der Waals surface area contributed by atoms with Crippen molar-refractivity contribution in [1.29, 1.82) is 0 Å². The quantitative estimate of drug-likeness (QED) is 0.369. The van der Waals surface area contributed by atoms with Gasteiger partial charge in [-0.3, -0.25) is 0 Å². The van der Waals surface area contributed by atoms with E-state index in [0.29, 0.717) is 26.0 Å². The second kappa shape index (κ2) is 8.32. The van der Waals surface area contributed by atoms with Crippen LogP contribution < -0.4 is 0 Å². The van der Waals surface area contributed by atoms with Crippen LogP contribution in [-0.2, 0) is 4.74 Å². The highest BCUT2D eigenvalue weighted by atomic mass is 79.9. The summed E-state index contributed by atoms with van der Waals surface area (Å²) in [5.74, 6) is -0.430. The number of thioether (sulfide) groups is 1. The van der Waals surface area contributed by atoms with E-state index in [1.807, 2.05) is 18.7 Å². The molecule has 0 fully saturated rings. The summed E-state index contributed by atoms with van der Waals surface area (Å²) >= 11 is 6.86. The van der Waals surface area contributed by atoms with Crippen molar-refractivity contribution < 1.29 is 9.53 Å². The third-order valence-corrected chi connectivity index (χ3v) is 7.94. The van der Waals surface area contributed by atoms with Crippen molar-refractivity contribution in [2.24, 2.45) is 5.41 Å². The van der Waals surface area contributed by atoms with Crippen LogP contribution in [0.5, 0.6) is 0 Å². The van der Waals surface area contributed by atoms with E-state index in [0.717, 1.165) is 30.7 Å². The van der Waals surface area contributed by atoms with Crippen molar-refractivity contribution in [3.63, 3.8) is 0 Å². The number of carbonyl (C=O) groups is 1. The van der Waals surface area contributed by atoms with Crippen molar-refractivity contribution >= 4 is 50.6 Å². The fraction of sp³-hybridized carbons (Fsp3) is 0.550. The number of ether oxygens (including phenoxy) is 1. The van der Waals surface area contributed by atoms with Crippen molar-refractivity contribution in [2.45, 2.75) is 63.3 Å². The lowest BCUT2D eigenvalue weighted by Gasteiger charge is -2.28. The SMILES string of the molecule is COC(=O)c1c(Br)c(C)nn1-c1nc(C2=CCC(C)(C)CC2)c(SC(C)C)s1. The van der Waals surface area contributed by atoms with Gasteiger partial charge in [0.15, 0.2) is 5.69 Å². The summed E-state index contributed by atoms with van der Waals surface area (Å²) in [4.78, 5) is 17.3. The molecular weight excluding hydrogens is 458 g/mol. The molecule has 0 spiro atoms. The molecule has 0 saturated carbocycles. The number of aryl methyl sites for hydroxylation is 1. The molecule has 0 aliphatic heterocycles. The number of carbonyl (C=O) groups excluding carboxylic acids is 1. The molecule has 0 bridgehead atoms. The molecule has 152 valence electrons. The summed E-state index contributed by atoms with van der Waals surface area (Å²) in [6, 6.07) is 0. The summed E-state index contributed by atoms with van der Waals surface area (Å²) in [5, 5.41) is 5.68. The van der Waals surface area contributed by atoms with E-state index in [1.165, 1.54) is 16.9 Å². The van der Waals surface area contributed by atoms with E-state index in [-0.39, 0.29) is 0 Å². The van der Waals surface area contributed by atoms with Gasteiger partial charge in [-0.1, -0.05) is 45.1 Å². The molecule has 0 aromatic carbocycles. The first-order valence-corrected chi connectivity index (χ1v) is 11.8. The smallest absolute Gasteiger partial charge is 0.358 e. The molecule has 1 aliphatic rings. The molecule has 2 aromatic rings.